The van der Waals surface area contributed by atoms with Crippen LogP contribution in [0.5, 0.6) is 11.5 Å². The van der Waals surface area contributed by atoms with Gasteiger partial charge in [0.2, 0.25) is 0 Å². The van der Waals surface area contributed by atoms with Gasteiger partial charge in [0.25, 0.3) is 5.56 Å². The van der Waals surface area contributed by atoms with Crippen LogP contribution < -0.4 is 20.7 Å². The van der Waals surface area contributed by atoms with E-state index in [4.69, 9.17) is 21.1 Å². The number of ether oxygens (including phenoxy) is 2. The Labute approximate surface area is 188 Å². The van der Waals surface area contributed by atoms with Crippen molar-refractivity contribution in [1.29, 1.82) is 0 Å². The van der Waals surface area contributed by atoms with Gasteiger partial charge in [-0.05, 0) is 24.3 Å². The molecule has 0 saturated heterocycles. The maximum Gasteiger partial charge on any atom is 0.346 e. The monoisotopic (exact) mass is 476 g/mol. The summed E-state index contributed by atoms with van der Waals surface area (Å²) in [4.78, 5) is 39.4. The lowest BCUT2D eigenvalue weighted by molar-refractivity contribution is 0.0704. The molecular weight excluding hydrogens is 463 g/mol. The van der Waals surface area contributed by atoms with E-state index in [0.717, 1.165) is 15.9 Å². The van der Waals surface area contributed by atoms with Crippen molar-refractivity contribution in [1.82, 2.24) is 9.55 Å². The number of carboxylic acid groups (broad SMARTS) is 1. The minimum Gasteiger partial charge on any atom is -0.496 e. The molecule has 0 amide bonds. The van der Waals surface area contributed by atoms with Gasteiger partial charge in [-0.15, -0.1) is 11.3 Å². The number of rotatable bonds is 6. The minimum absolute atomic E-state index is 0.0136. The van der Waals surface area contributed by atoms with Crippen molar-refractivity contribution >= 4 is 39.8 Å². The van der Waals surface area contributed by atoms with Gasteiger partial charge >= 0.3 is 11.7 Å². The van der Waals surface area contributed by atoms with E-state index in [2.05, 4.69) is 4.98 Å². The highest BCUT2D eigenvalue weighted by atomic mass is 35.5. The van der Waals surface area contributed by atoms with Crippen LogP contribution in [0.1, 0.15) is 15.2 Å². The Hall–Kier alpha value is -3.63. The molecule has 0 unspecified atom stereocenters. The van der Waals surface area contributed by atoms with E-state index >= 15 is 0 Å². The highest BCUT2D eigenvalue weighted by Crippen LogP contribution is 2.28. The second-order valence-electron chi connectivity index (χ2n) is 6.55. The van der Waals surface area contributed by atoms with Crippen LogP contribution in [0.2, 0.25) is 5.02 Å². The smallest absolute Gasteiger partial charge is 0.346 e. The van der Waals surface area contributed by atoms with Gasteiger partial charge in [0.1, 0.15) is 28.8 Å². The highest BCUT2D eigenvalue weighted by Gasteiger charge is 2.20. The van der Waals surface area contributed by atoms with Crippen LogP contribution in [0.15, 0.2) is 51.4 Å². The molecule has 2 aromatic carbocycles. The first-order valence-corrected chi connectivity index (χ1v) is 10.3. The van der Waals surface area contributed by atoms with Crippen molar-refractivity contribution in [3.8, 4) is 17.2 Å². The molecule has 2 aromatic heterocycles. The average Bonchev–Trinajstić information content (AvgIpc) is 3.19. The second kappa shape index (κ2) is 8.48. The molecule has 8 nitrogen and oxygen atoms in total. The summed E-state index contributed by atoms with van der Waals surface area (Å²) in [6, 6.07) is 8.60. The standard InChI is InChI=1S/C21H14ClFN2O6S/c1-30-16-4-2-3-13(23)11(16)8-31-10-5-6-12(22)15(7-10)25-19(26)17-14(24-21(25)29)9-32-18(17)20(27)28/h2-7,9H,8H2,1H3,(H,24,29)(H,27,28). The van der Waals surface area contributed by atoms with Crippen molar-refractivity contribution < 1.29 is 23.8 Å². The van der Waals surface area contributed by atoms with Gasteiger partial charge in [-0.1, -0.05) is 17.7 Å². The molecule has 4 rings (SSSR count). The lowest BCUT2D eigenvalue weighted by atomic mass is 10.2. The molecule has 0 radical (unpaired) electrons. The normalized spacial score (nSPS) is 11.0. The number of H-pyrrole nitrogens is 1. The molecule has 11 heteroatoms. The molecule has 32 heavy (non-hydrogen) atoms. The third-order valence-corrected chi connectivity index (χ3v) is 5.97. The molecule has 0 aliphatic heterocycles. The van der Waals surface area contributed by atoms with Gasteiger partial charge < -0.3 is 19.6 Å². The molecule has 0 fully saturated rings. The van der Waals surface area contributed by atoms with Crippen molar-refractivity contribution in [2.24, 2.45) is 0 Å². The molecule has 0 aliphatic carbocycles. The van der Waals surface area contributed by atoms with E-state index < -0.39 is 23.0 Å². The Morgan fingerprint density at radius 3 is 2.78 bits per heavy atom. The molecule has 0 atom stereocenters. The first kappa shape index (κ1) is 21.6. The number of fused-ring (bicyclic) bond motifs is 1. The molecule has 4 aromatic rings. The number of aromatic amines is 1. The molecule has 2 N–H and O–H groups in total. The van der Waals surface area contributed by atoms with Crippen molar-refractivity contribution in [2.45, 2.75) is 6.61 Å². The van der Waals surface area contributed by atoms with E-state index in [0.29, 0.717) is 5.75 Å². The fraction of sp³-hybridized carbons (Fsp3) is 0.0952. The molecule has 0 saturated carbocycles. The molecule has 0 aliphatic rings. The topological polar surface area (TPSA) is 111 Å². The number of nitrogens with one attached hydrogen (secondary N) is 1. The van der Waals surface area contributed by atoms with Crippen LogP contribution in [0.3, 0.4) is 0 Å². The summed E-state index contributed by atoms with van der Waals surface area (Å²) >= 11 is 7.06. The molecule has 0 spiro atoms. The summed E-state index contributed by atoms with van der Waals surface area (Å²) in [5, 5.41) is 10.7. The van der Waals surface area contributed by atoms with Gasteiger partial charge in [-0.25, -0.2) is 18.5 Å². The summed E-state index contributed by atoms with van der Waals surface area (Å²) in [6.45, 7) is -0.186. The number of carbonyl (C=O) groups is 1. The predicted molar refractivity (Wildman–Crippen MR) is 117 cm³/mol. The third-order valence-electron chi connectivity index (χ3n) is 4.68. The lowest BCUT2D eigenvalue weighted by Gasteiger charge is -2.13. The number of carboxylic acids is 1. The number of methoxy groups -OCH3 is 1. The quantitative estimate of drug-likeness (QED) is 0.437. The average molecular weight is 477 g/mol. The van der Waals surface area contributed by atoms with E-state index in [1.54, 1.807) is 6.07 Å². The molecule has 164 valence electrons. The van der Waals surface area contributed by atoms with Crippen LogP contribution in [0, 0.1) is 5.82 Å². The summed E-state index contributed by atoms with van der Waals surface area (Å²) in [7, 11) is 1.41. The van der Waals surface area contributed by atoms with Crippen LogP contribution in [-0.2, 0) is 6.61 Å². The zero-order valence-electron chi connectivity index (χ0n) is 16.3. The number of aromatic nitrogens is 2. The molecule has 0 bridgehead atoms. The minimum atomic E-state index is -1.29. The summed E-state index contributed by atoms with van der Waals surface area (Å²) < 4.78 is 25.7. The highest BCUT2D eigenvalue weighted by molar-refractivity contribution is 7.13. The Morgan fingerprint density at radius 2 is 2.06 bits per heavy atom. The predicted octanol–water partition coefficient (Wildman–Crippen LogP) is 3.82. The summed E-state index contributed by atoms with van der Waals surface area (Å²) in [5.74, 6) is -1.31. The van der Waals surface area contributed by atoms with Gasteiger partial charge in [-0.2, -0.15) is 0 Å². The van der Waals surface area contributed by atoms with Crippen LogP contribution >= 0.6 is 22.9 Å². The van der Waals surface area contributed by atoms with Crippen LogP contribution in [-0.4, -0.2) is 27.7 Å². The summed E-state index contributed by atoms with van der Waals surface area (Å²) in [6.07, 6.45) is 0. The van der Waals surface area contributed by atoms with E-state index in [1.165, 1.54) is 42.8 Å². The lowest BCUT2D eigenvalue weighted by Crippen LogP contribution is -2.34. The van der Waals surface area contributed by atoms with E-state index in [1.807, 2.05) is 0 Å². The number of nitrogens with zero attached hydrogens (tertiary/aromatic N) is 1. The van der Waals surface area contributed by atoms with Crippen LogP contribution in [0.4, 0.5) is 4.39 Å². The van der Waals surface area contributed by atoms with Gasteiger partial charge in [0.15, 0.2) is 0 Å². The first-order valence-electron chi connectivity index (χ1n) is 9.05. The Kier molecular flexibility index (Phi) is 5.72. The fourth-order valence-corrected chi connectivity index (χ4v) is 4.22. The van der Waals surface area contributed by atoms with E-state index in [9.17, 15) is 23.9 Å². The second-order valence-corrected chi connectivity index (χ2v) is 7.84. The van der Waals surface area contributed by atoms with Crippen LogP contribution in [0.25, 0.3) is 16.6 Å². The van der Waals surface area contributed by atoms with Crippen molar-refractivity contribution in [3.05, 3.63) is 83.9 Å². The zero-order chi connectivity index (χ0) is 23.0. The van der Waals surface area contributed by atoms with Gasteiger partial charge in [0.05, 0.1) is 34.3 Å². The van der Waals surface area contributed by atoms with Gasteiger partial charge in [0, 0.05) is 11.4 Å². The Bertz CT molecular complexity index is 1480. The molecule has 2 heterocycles. The Balaban J connectivity index is 1.78. The maximum absolute atomic E-state index is 14.2. The summed E-state index contributed by atoms with van der Waals surface area (Å²) in [5.41, 5.74) is -1.34. The van der Waals surface area contributed by atoms with Crippen molar-refractivity contribution in [3.63, 3.8) is 0 Å². The van der Waals surface area contributed by atoms with Gasteiger partial charge in [-0.3, -0.25) is 4.79 Å². The van der Waals surface area contributed by atoms with E-state index in [-0.39, 0.29) is 44.4 Å². The first-order chi connectivity index (χ1) is 15.3. The number of aromatic carboxylic acids is 1. The number of benzene rings is 2. The number of hydrogen-bond donors (Lipinski definition) is 2. The Morgan fingerprint density at radius 1 is 1.28 bits per heavy atom. The van der Waals surface area contributed by atoms with Crippen molar-refractivity contribution in [2.75, 3.05) is 7.11 Å². The fourth-order valence-electron chi connectivity index (χ4n) is 3.19. The number of hydrogen-bond acceptors (Lipinski definition) is 6. The number of halogens is 2. The largest absolute Gasteiger partial charge is 0.496 e. The number of thiophene rings is 1. The molecular formula is C21H14ClFN2O6S. The zero-order valence-corrected chi connectivity index (χ0v) is 17.9. The SMILES string of the molecule is COc1cccc(F)c1COc1ccc(Cl)c(-n2c(=O)[nH]c3csc(C(=O)O)c3c2=O)c1. The third kappa shape index (κ3) is 3.74. The maximum atomic E-state index is 14.2.